The van der Waals surface area contributed by atoms with Gasteiger partial charge in [0, 0.05) is 13.1 Å². The number of hydrogen-bond acceptors (Lipinski definition) is 5. The molecule has 0 aromatic heterocycles. The lowest BCUT2D eigenvalue weighted by molar-refractivity contribution is 0.0210. The molecule has 0 unspecified atom stereocenters. The molecule has 1 fully saturated rings. The molecule has 0 saturated carbocycles. The lowest BCUT2D eigenvalue weighted by Crippen LogP contribution is -2.38. The van der Waals surface area contributed by atoms with Gasteiger partial charge in [0.15, 0.2) is 0 Å². The third kappa shape index (κ3) is 2.52. The van der Waals surface area contributed by atoms with Gasteiger partial charge in [-0.2, -0.15) is 5.26 Å². The molecule has 0 bridgehead atoms. The zero-order valence-electron chi connectivity index (χ0n) is 9.90. The lowest BCUT2D eigenvalue weighted by atomic mass is 10.1. The highest BCUT2D eigenvalue weighted by molar-refractivity contribution is 5.31. The standard InChI is InChI=1S/C13H16N2O3/c14-5-9-1-3-10(4-2-9)6-15-7-12(17)13(18)11(15)8-16/h1-4,11-13,16-18H,6-8H2/t11-,12+,13-/m1/s1. The summed E-state index contributed by atoms with van der Waals surface area (Å²) in [4.78, 5) is 1.84. The first-order valence-electron chi connectivity index (χ1n) is 5.85. The van der Waals surface area contributed by atoms with Crippen molar-refractivity contribution >= 4 is 0 Å². The normalized spacial score (nSPS) is 28.2. The van der Waals surface area contributed by atoms with E-state index in [9.17, 15) is 15.3 Å². The Balaban J connectivity index is 2.06. The van der Waals surface area contributed by atoms with Crippen LogP contribution in [0.2, 0.25) is 0 Å². The molecule has 5 nitrogen and oxygen atoms in total. The zero-order valence-corrected chi connectivity index (χ0v) is 9.90. The molecule has 1 aromatic carbocycles. The van der Waals surface area contributed by atoms with Crippen LogP contribution in [0.5, 0.6) is 0 Å². The Bertz CT molecular complexity index is 441. The van der Waals surface area contributed by atoms with Gasteiger partial charge in [0.25, 0.3) is 0 Å². The quantitative estimate of drug-likeness (QED) is 0.668. The molecule has 1 aliphatic heterocycles. The number of benzene rings is 1. The van der Waals surface area contributed by atoms with Crippen molar-refractivity contribution in [2.45, 2.75) is 24.8 Å². The number of aliphatic hydroxyl groups excluding tert-OH is 3. The van der Waals surface area contributed by atoms with Gasteiger partial charge in [-0.05, 0) is 17.7 Å². The molecule has 96 valence electrons. The van der Waals surface area contributed by atoms with Gasteiger partial charge in [0.2, 0.25) is 0 Å². The van der Waals surface area contributed by atoms with E-state index in [0.717, 1.165) is 5.56 Å². The van der Waals surface area contributed by atoms with E-state index in [1.165, 1.54) is 0 Å². The van der Waals surface area contributed by atoms with Crippen molar-refractivity contribution in [2.75, 3.05) is 13.2 Å². The Morgan fingerprint density at radius 3 is 2.50 bits per heavy atom. The summed E-state index contributed by atoms with van der Waals surface area (Å²) in [5.41, 5.74) is 1.58. The molecule has 0 aliphatic carbocycles. The Kier molecular flexibility index (Phi) is 3.94. The Labute approximate surface area is 106 Å². The minimum absolute atomic E-state index is 0.186. The van der Waals surface area contributed by atoms with Crippen LogP contribution in [0.15, 0.2) is 24.3 Å². The summed E-state index contributed by atoms with van der Waals surface area (Å²) in [6, 6.07) is 8.75. The summed E-state index contributed by atoms with van der Waals surface area (Å²) in [5.74, 6) is 0. The SMILES string of the molecule is N#Cc1ccc(CN2C[C@H](O)[C@H](O)[C@H]2CO)cc1. The summed E-state index contributed by atoms with van der Waals surface area (Å²) >= 11 is 0. The van der Waals surface area contributed by atoms with Crippen molar-refractivity contribution in [3.05, 3.63) is 35.4 Å². The molecular formula is C13H16N2O3. The molecule has 2 rings (SSSR count). The third-order valence-electron chi connectivity index (χ3n) is 3.33. The Morgan fingerprint density at radius 2 is 1.94 bits per heavy atom. The van der Waals surface area contributed by atoms with Gasteiger partial charge in [-0.3, -0.25) is 4.90 Å². The van der Waals surface area contributed by atoms with Crippen LogP contribution in [0.1, 0.15) is 11.1 Å². The van der Waals surface area contributed by atoms with Crippen molar-refractivity contribution in [3.63, 3.8) is 0 Å². The highest BCUT2D eigenvalue weighted by Gasteiger charge is 2.39. The van der Waals surface area contributed by atoms with Crippen LogP contribution in [-0.2, 0) is 6.54 Å². The zero-order chi connectivity index (χ0) is 13.1. The molecule has 0 amide bonds. The van der Waals surface area contributed by atoms with Crippen LogP contribution in [-0.4, -0.2) is 51.6 Å². The maximum atomic E-state index is 9.69. The van der Waals surface area contributed by atoms with Crippen molar-refractivity contribution in [1.29, 1.82) is 5.26 Å². The van der Waals surface area contributed by atoms with Crippen molar-refractivity contribution in [1.82, 2.24) is 4.90 Å². The van der Waals surface area contributed by atoms with Crippen molar-refractivity contribution in [2.24, 2.45) is 0 Å². The van der Waals surface area contributed by atoms with E-state index in [0.29, 0.717) is 18.7 Å². The molecule has 18 heavy (non-hydrogen) atoms. The smallest absolute Gasteiger partial charge is 0.0991 e. The number of β-amino-alcohol motifs (C(OH)–C–C–N with tert-alkyl or cyclic N) is 1. The molecule has 1 aromatic rings. The topological polar surface area (TPSA) is 87.7 Å². The molecule has 1 heterocycles. The van der Waals surface area contributed by atoms with Crippen LogP contribution >= 0.6 is 0 Å². The monoisotopic (exact) mass is 248 g/mol. The molecule has 0 radical (unpaired) electrons. The minimum atomic E-state index is -0.909. The highest BCUT2D eigenvalue weighted by atomic mass is 16.3. The van der Waals surface area contributed by atoms with Crippen LogP contribution in [0, 0.1) is 11.3 Å². The summed E-state index contributed by atoms with van der Waals surface area (Å²) in [6.07, 6.45) is -1.73. The molecule has 3 N–H and O–H groups in total. The van der Waals surface area contributed by atoms with Gasteiger partial charge >= 0.3 is 0 Å². The van der Waals surface area contributed by atoms with E-state index in [1.54, 1.807) is 12.1 Å². The third-order valence-corrected chi connectivity index (χ3v) is 3.33. The Morgan fingerprint density at radius 1 is 1.28 bits per heavy atom. The predicted molar refractivity (Wildman–Crippen MR) is 64.5 cm³/mol. The summed E-state index contributed by atoms with van der Waals surface area (Å²) < 4.78 is 0. The minimum Gasteiger partial charge on any atom is -0.395 e. The molecule has 1 aliphatic rings. The molecule has 5 heteroatoms. The maximum Gasteiger partial charge on any atom is 0.0991 e. The van der Waals surface area contributed by atoms with E-state index >= 15 is 0 Å². The van der Waals surface area contributed by atoms with Crippen LogP contribution in [0.3, 0.4) is 0 Å². The molecule has 3 atom stereocenters. The first kappa shape index (κ1) is 13.0. The number of nitrogens with zero attached hydrogens (tertiary/aromatic N) is 2. The fraction of sp³-hybridized carbons (Fsp3) is 0.462. The second-order valence-electron chi connectivity index (χ2n) is 4.55. The number of hydrogen-bond donors (Lipinski definition) is 3. The van der Waals surface area contributed by atoms with E-state index in [2.05, 4.69) is 0 Å². The first-order valence-corrected chi connectivity index (χ1v) is 5.85. The summed E-state index contributed by atoms with van der Waals surface area (Å²) in [5, 5.41) is 37.2. The van der Waals surface area contributed by atoms with E-state index in [4.69, 9.17) is 5.26 Å². The predicted octanol–water partition coefficient (Wildman–Crippen LogP) is -0.543. The van der Waals surface area contributed by atoms with Crippen LogP contribution in [0.4, 0.5) is 0 Å². The van der Waals surface area contributed by atoms with Crippen LogP contribution < -0.4 is 0 Å². The number of likely N-dealkylation sites (tertiary alicyclic amines) is 1. The van der Waals surface area contributed by atoms with E-state index < -0.39 is 18.2 Å². The van der Waals surface area contributed by atoms with Gasteiger partial charge in [-0.25, -0.2) is 0 Å². The first-order chi connectivity index (χ1) is 8.65. The van der Waals surface area contributed by atoms with E-state index in [-0.39, 0.29) is 6.61 Å². The molecule has 1 saturated heterocycles. The largest absolute Gasteiger partial charge is 0.395 e. The van der Waals surface area contributed by atoms with Gasteiger partial charge < -0.3 is 15.3 Å². The van der Waals surface area contributed by atoms with Gasteiger partial charge in [-0.15, -0.1) is 0 Å². The van der Waals surface area contributed by atoms with Crippen molar-refractivity contribution < 1.29 is 15.3 Å². The number of aliphatic hydroxyl groups is 3. The lowest BCUT2D eigenvalue weighted by Gasteiger charge is -2.23. The van der Waals surface area contributed by atoms with Gasteiger partial charge in [0.1, 0.15) is 0 Å². The average Bonchev–Trinajstić information content (AvgIpc) is 2.65. The second-order valence-corrected chi connectivity index (χ2v) is 4.55. The van der Waals surface area contributed by atoms with Gasteiger partial charge in [-0.1, -0.05) is 12.1 Å². The fourth-order valence-electron chi connectivity index (χ4n) is 2.28. The average molecular weight is 248 g/mol. The second kappa shape index (κ2) is 5.46. The molecular weight excluding hydrogens is 232 g/mol. The summed E-state index contributed by atoms with van der Waals surface area (Å²) in [7, 11) is 0. The van der Waals surface area contributed by atoms with Crippen molar-refractivity contribution in [3.8, 4) is 6.07 Å². The summed E-state index contributed by atoms with van der Waals surface area (Å²) in [6.45, 7) is 0.686. The number of rotatable bonds is 3. The van der Waals surface area contributed by atoms with Gasteiger partial charge in [0.05, 0.1) is 36.5 Å². The Hall–Kier alpha value is -1.45. The molecule has 0 spiro atoms. The highest BCUT2D eigenvalue weighted by Crippen LogP contribution is 2.21. The van der Waals surface area contributed by atoms with E-state index in [1.807, 2.05) is 23.1 Å². The van der Waals surface area contributed by atoms with Crippen LogP contribution in [0.25, 0.3) is 0 Å². The fourth-order valence-corrected chi connectivity index (χ4v) is 2.28. The maximum absolute atomic E-state index is 9.69. The number of nitriles is 1.